The highest BCUT2D eigenvalue weighted by Crippen LogP contribution is 2.25. The molecule has 5 heteroatoms. The molecule has 2 aromatic heterocycles. The highest BCUT2D eigenvalue weighted by molar-refractivity contribution is 5.90. The van der Waals surface area contributed by atoms with Gasteiger partial charge in [-0.2, -0.15) is 10.1 Å². The molecule has 4 rings (SSSR count). The zero-order valence-electron chi connectivity index (χ0n) is 14.3. The molecule has 0 aliphatic heterocycles. The maximum atomic E-state index is 4.71. The molecule has 0 unspecified atom stereocenters. The van der Waals surface area contributed by atoms with Crippen molar-refractivity contribution >= 4 is 16.7 Å². The minimum atomic E-state index is 0.581. The second-order valence-corrected chi connectivity index (χ2v) is 6.21. The van der Waals surface area contributed by atoms with Crippen molar-refractivity contribution in [2.45, 2.75) is 6.42 Å². The summed E-state index contributed by atoms with van der Waals surface area (Å²) < 4.78 is 1.68. The fourth-order valence-electron chi connectivity index (χ4n) is 2.92. The molecule has 4 aromatic rings. The fourth-order valence-corrected chi connectivity index (χ4v) is 2.92. The molecular formula is C20H19N5. The standard InChI is InChI=1S/C20H19N5/c1-24(2)19-17-14-16(13-15-7-4-3-5-8-15)9-10-18(17)22-20(23-19)25-12-6-11-21-25/h3-12,14H,13H2,1-2H3. The van der Waals surface area contributed by atoms with E-state index in [-0.39, 0.29) is 0 Å². The van der Waals surface area contributed by atoms with Gasteiger partial charge in [0.2, 0.25) is 0 Å². The van der Waals surface area contributed by atoms with E-state index in [0.29, 0.717) is 5.95 Å². The Kier molecular flexibility index (Phi) is 3.90. The largest absolute Gasteiger partial charge is 0.362 e. The summed E-state index contributed by atoms with van der Waals surface area (Å²) in [6.07, 6.45) is 4.47. The summed E-state index contributed by atoms with van der Waals surface area (Å²) in [5.41, 5.74) is 3.46. The van der Waals surface area contributed by atoms with Gasteiger partial charge in [-0.05, 0) is 35.7 Å². The van der Waals surface area contributed by atoms with Crippen molar-refractivity contribution in [1.29, 1.82) is 0 Å². The van der Waals surface area contributed by atoms with E-state index in [0.717, 1.165) is 23.1 Å². The van der Waals surface area contributed by atoms with Crippen molar-refractivity contribution in [3.63, 3.8) is 0 Å². The van der Waals surface area contributed by atoms with E-state index in [1.807, 2.05) is 37.3 Å². The van der Waals surface area contributed by atoms with Gasteiger partial charge in [0.15, 0.2) is 0 Å². The highest BCUT2D eigenvalue weighted by Gasteiger charge is 2.12. The van der Waals surface area contributed by atoms with Gasteiger partial charge in [0.25, 0.3) is 5.95 Å². The number of benzene rings is 2. The molecule has 5 nitrogen and oxygen atoms in total. The lowest BCUT2D eigenvalue weighted by Crippen LogP contribution is -2.14. The minimum Gasteiger partial charge on any atom is -0.362 e. The van der Waals surface area contributed by atoms with E-state index in [1.165, 1.54) is 11.1 Å². The van der Waals surface area contributed by atoms with Crippen LogP contribution in [0.2, 0.25) is 0 Å². The van der Waals surface area contributed by atoms with E-state index in [9.17, 15) is 0 Å². The number of anilines is 1. The van der Waals surface area contributed by atoms with E-state index in [2.05, 4.69) is 52.5 Å². The SMILES string of the molecule is CN(C)c1nc(-n2cccn2)nc2ccc(Cc3ccccc3)cc12. The molecule has 0 bridgehead atoms. The van der Waals surface area contributed by atoms with Gasteiger partial charge in [-0.1, -0.05) is 36.4 Å². The molecule has 0 atom stereocenters. The molecule has 25 heavy (non-hydrogen) atoms. The number of rotatable bonds is 4. The molecule has 2 aromatic carbocycles. The normalized spacial score (nSPS) is 11.0. The molecular weight excluding hydrogens is 310 g/mol. The van der Waals surface area contributed by atoms with Crippen molar-refractivity contribution in [3.8, 4) is 5.95 Å². The van der Waals surface area contributed by atoms with Crippen LogP contribution in [0.4, 0.5) is 5.82 Å². The van der Waals surface area contributed by atoms with Gasteiger partial charge < -0.3 is 4.90 Å². The number of fused-ring (bicyclic) bond motifs is 1. The summed E-state index contributed by atoms with van der Waals surface area (Å²) in [4.78, 5) is 11.4. The predicted octanol–water partition coefficient (Wildman–Crippen LogP) is 3.47. The number of hydrogen-bond donors (Lipinski definition) is 0. The molecule has 0 fully saturated rings. The molecule has 2 heterocycles. The van der Waals surface area contributed by atoms with Gasteiger partial charge in [0.05, 0.1) is 5.52 Å². The Balaban J connectivity index is 1.81. The average molecular weight is 329 g/mol. The monoisotopic (exact) mass is 329 g/mol. The van der Waals surface area contributed by atoms with Crippen molar-refractivity contribution in [2.24, 2.45) is 0 Å². The van der Waals surface area contributed by atoms with Gasteiger partial charge >= 0.3 is 0 Å². The van der Waals surface area contributed by atoms with Gasteiger partial charge in [0, 0.05) is 31.9 Å². The van der Waals surface area contributed by atoms with Gasteiger partial charge in [0.1, 0.15) is 5.82 Å². The Morgan fingerprint density at radius 3 is 2.48 bits per heavy atom. The van der Waals surface area contributed by atoms with Crippen LogP contribution in [-0.4, -0.2) is 33.8 Å². The maximum absolute atomic E-state index is 4.71. The van der Waals surface area contributed by atoms with E-state index < -0.39 is 0 Å². The van der Waals surface area contributed by atoms with Crippen molar-refractivity contribution in [2.75, 3.05) is 19.0 Å². The first kappa shape index (κ1) is 15.3. The van der Waals surface area contributed by atoms with Crippen LogP contribution in [0.1, 0.15) is 11.1 Å². The Morgan fingerprint density at radius 1 is 0.920 bits per heavy atom. The smallest absolute Gasteiger partial charge is 0.253 e. The predicted molar refractivity (Wildman–Crippen MR) is 100 cm³/mol. The van der Waals surface area contributed by atoms with Crippen molar-refractivity contribution in [1.82, 2.24) is 19.7 Å². The van der Waals surface area contributed by atoms with Crippen LogP contribution < -0.4 is 4.90 Å². The van der Waals surface area contributed by atoms with E-state index >= 15 is 0 Å². The number of aromatic nitrogens is 4. The summed E-state index contributed by atoms with van der Waals surface area (Å²) in [5, 5.41) is 5.29. The van der Waals surface area contributed by atoms with Gasteiger partial charge in [-0.3, -0.25) is 0 Å². The van der Waals surface area contributed by atoms with Crippen LogP contribution in [0.15, 0.2) is 67.0 Å². The molecule has 0 saturated carbocycles. The van der Waals surface area contributed by atoms with Crippen LogP contribution in [0.5, 0.6) is 0 Å². The highest BCUT2D eigenvalue weighted by atomic mass is 15.3. The molecule has 0 aliphatic carbocycles. The zero-order valence-corrected chi connectivity index (χ0v) is 14.3. The third kappa shape index (κ3) is 3.08. The molecule has 0 N–H and O–H groups in total. The van der Waals surface area contributed by atoms with Crippen molar-refractivity contribution in [3.05, 3.63) is 78.1 Å². The summed E-state index contributed by atoms with van der Waals surface area (Å²) in [6, 6.07) is 18.7. The zero-order chi connectivity index (χ0) is 17.2. The lowest BCUT2D eigenvalue weighted by Gasteiger charge is -2.16. The Hall–Kier alpha value is -3.21. The lowest BCUT2D eigenvalue weighted by molar-refractivity contribution is 0.812. The molecule has 0 spiro atoms. The molecule has 0 aliphatic rings. The third-order valence-electron chi connectivity index (χ3n) is 4.11. The molecule has 124 valence electrons. The lowest BCUT2D eigenvalue weighted by atomic mass is 10.0. The second kappa shape index (κ2) is 6.36. The van der Waals surface area contributed by atoms with Crippen LogP contribution in [0, 0.1) is 0 Å². The van der Waals surface area contributed by atoms with E-state index in [4.69, 9.17) is 4.98 Å². The van der Waals surface area contributed by atoms with Gasteiger partial charge in [-0.25, -0.2) is 9.67 Å². The summed E-state index contributed by atoms with van der Waals surface area (Å²) in [5.74, 6) is 1.47. The van der Waals surface area contributed by atoms with Crippen molar-refractivity contribution < 1.29 is 0 Å². The molecule has 0 saturated heterocycles. The van der Waals surface area contributed by atoms with Crippen LogP contribution in [0.25, 0.3) is 16.9 Å². The maximum Gasteiger partial charge on any atom is 0.253 e. The summed E-state index contributed by atoms with van der Waals surface area (Å²) in [6.45, 7) is 0. The van der Waals surface area contributed by atoms with Gasteiger partial charge in [-0.15, -0.1) is 0 Å². The average Bonchev–Trinajstić information content (AvgIpc) is 3.16. The molecule has 0 radical (unpaired) electrons. The first-order chi connectivity index (χ1) is 12.2. The van der Waals surface area contributed by atoms with E-state index in [1.54, 1.807) is 10.9 Å². The summed E-state index contributed by atoms with van der Waals surface area (Å²) in [7, 11) is 4.00. The number of hydrogen-bond acceptors (Lipinski definition) is 4. The minimum absolute atomic E-state index is 0.581. The summed E-state index contributed by atoms with van der Waals surface area (Å²) >= 11 is 0. The first-order valence-electron chi connectivity index (χ1n) is 8.22. The first-order valence-corrected chi connectivity index (χ1v) is 8.22. The van der Waals surface area contributed by atoms with Crippen LogP contribution in [0.3, 0.4) is 0 Å². The van der Waals surface area contributed by atoms with Crippen LogP contribution >= 0.6 is 0 Å². The second-order valence-electron chi connectivity index (χ2n) is 6.21. The third-order valence-corrected chi connectivity index (χ3v) is 4.11. The molecule has 0 amide bonds. The quantitative estimate of drug-likeness (QED) is 0.575. The Bertz CT molecular complexity index is 991. The topological polar surface area (TPSA) is 46.8 Å². The Morgan fingerprint density at radius 2 is 1.76 bits per heavy atom. The van der Waals surface area contributed by atoms with Crippen LogP contribution in [-0.2, 0) is 6.42 Å². The Labute approximate surface area is 146 Å². The number of nitrogens with zero attached hydrogens (tertiary/aromatic N) is 5. The fraction of sp³-hybridized carbons (Fsp3) is 0.150.